The minimum Gasteiger partial charge on any atom is -0.481 e. The predicted molar refractivity (Wildman–Crippen MR) is 124 cm³/mol. The van der Waals surface area contributed by atoms with E-state index in [-0.39, 0.29) is 5.96 Å². The number of aromatic nitrogens is 2. The number of carboxylic acid groups (broad SMARTS) is 1. The van der Waals surface area contributed by atoms with Crippen molar-refractivity contribution in [3.8, 4) is 11.1 Å². The first-order valence-electron chi connectivity index (χ1n) is 10.5. The summed E-state index contributed by atoms with van der Waals surface area (Å²) in [5.41, 5.74) is 7.04. The fourth-order valence-corrected chi connectivity index (χ4v) is 4.07. The van der Waals surface area contributed by atoms with Crippen LogP contribution in [0.5, 0.6) is 0 Å². The highest BCUT2D eigenvalue weighted by atomic mass is 19.3. The minimum absolute atomic E-state index is 0.0482. The Balaban J connectivity index is 0.000000672. The third-order valence-corrected chi connectivity index (χ3v) is 5.44. The SMILES string of the molecule is CC(=O)O.NC1=NC(c2ccncc2)(c2cccc(-c3cccnc3F)c2)C2=NCC(F)(F)CN12. The molecule has 3 aromatic rings. The summed E-state index contributed by atoms with van der Waals surface area (Å²) in [6, 6.07) is 13.8. The van der Waals surface area contributed by atoms with Crippen LogP contribution in [0.1, 0.15) is 18.1 Å². The van der Waals surface area contributed by atoms with Crippen LogP contribution < -0.4 is 5.73 Å². The van der Waals surface area contributed by atoms with Gasteiger partial charge in [-0.3, -0.25) is 19.7 Å². The summed E-state index contributed by atoms with van der Waals surface area (Å²) in [6.45, 7) is -0.184. The van der Waals surface area contributed by atoms with E-state index in [9.17, 15) is 13.2 Å². The third kappa shape index (κ3) is 4.57. The van der Waals surface area contributed by atoms with Crippen molar-refractivity contribution in [1.82, 2.24) is 14.9 Å². The maximum absolute atomic E-state index is 14.3. The highest BCUT2D eigenvalue weighted by molar-refractivity contribution is 6.12. The molecule has 0 saturated carbocycles. The number of rotatable bonds is 3. The highest BCUT2D eigenvalue weighted by Gasteiger charge is 2.53. The minimum atomic E-state index is -3.02. The number of guanidine groups is 1. The Labute approximate surface area is 198 Å². The first kappa shape index (κ1) is 23.9. The summed E-state index contributed by atoms with van der Waals surface area (Å²) >= 11 is 0. The number of hydrogen-bond acceptors (Lipinski definition) is 7. The summed E-state index contributed by atoms with van der Waals surface area (Å²) in [4.78, 5) is 26.9. The molecule has 3 N–H and O–H groups in total. The molecule has 0 amide bonds. The fourth-order valence-electron chi connectivity index (χ4n) is 4.07. The van der Waals surface area contributed by atoms with Gasteiger partial charge in [0.05, 0.1) is 6.54 Å². The van der Waals surface area contributed by atoms with Gasteiger partial charge >= 0.3 is 0 Å². The Kier molecular flexibility index (Phi) is 6.25. The number of amidine groups is 1. The second kappa shape index (κ2) is 9.16. The van der Waals surface area contributed by atoms with Crippen LogP contribution in [0.2, 0.25) is 0 Å². The van der Waals surface area contributed by atoms with Gasteiger partial charge in [0.1, 0.15) is 12.4 Å². The molecule has 8 nitrogen and oxygen atoms in total. The number of aliphatic imine (C=N–C) groups is 2. The van der Waals surface area contributed by atoms with Gasteiger partial charge in [-0.15, -0.1) is 0 Å². The van der Waals surface area contributed by atoms with Crippen LogP contribution in [0.3, 0.4) is 0 Å². The third-order valence-electron chi connectivity index (χ3n) is 5.44. The first-order chi connectivity index (χ1) is 16.6. The zero-order valence-corrected chi connectivity index (χ0v) is 18.6. The van der Waals surface area contributed by atoms with Crippen LogP contribution in [0.4, 0.5) is 13.2 Å². The molecular formula is C24H21F3N6O2. The molecule has 1 atom stereocenters. The highest BCUT2D eigenvalue weighted by Crippen LogP contribution is 2.43. The Bertz CT molecular complexity index is 1310. The molecule has 35 heavy (non-hydrogen) atoms. The number of nitrogens with zero attached hydrogens (tertiary/aromatic N) is 5. The number of nitrogens with two attached hydrogens (primary N) is 1. The van der Waals surface area contributed by atoms with Gasteiger partial charge < -0.3 is 10.8 Å². The summed E-state index contributed by atoms with van der Waals surface area (Å²) in [7, 11) is 0. The molecule has 1 aromatic carbocycles. The van der Waals surface area contributed by atoms with Crippen molar-refractivity contribution in [2.75, 3.05) is 13.1 Å². The standard InChI is InChI=1S/C22H17F3N6.C2H4O2/c23-18-17(5-2-8-28-18)14-3-1-4-16(11-14)22(15-6-9-27-10-7-15)19-29-12-21(24,25)13-31(19)20(26)30-22;1-2(3)4/h1-11H,12-13H2,(H2,26,30);1H3,(H,3,4). The Morgan fingerprint density at radius 2 is 1.80 bits per heavy atom. The van der Waals surface area contributed by atoms with Crippen molar-refractivity contribution in [3.63, 3.8) is 0 Å². The number of aliphatic carboxylic acids is 1. The molecule has 2 aliphatic rings. The van der Waals surface area contributed by atoms with Crippen molar-refractivity contribution < 1.29 is 23.1 Å². The summed E-state index contributed by atoms with van der Waals surface area (Å²) in [6.07, 6.45) is 4.56. The molecule has 180 valence electrons. The van der Waals surface area contributed by atoms with E-state index in [0.717, 1.165) is 6.92 Å². The van der Waals surface area contributed by atoms with Crippen molar-refractivity contribution in [2.24, 2.45) is 15.7 Å². The molecule has 0 spiro atoms. The van der Waals surface area contributed by atoms with E-state index in [1.165, 1.54) is 11.1 Å². The van der Waals surface area contributed by atoms with Crippen LogP contribution in [0, 0.1) is 5.95 Å². The molecule has 2 aliphatic heterocycles. The van der Waals surface area contributed by atoms with Gasteiger partial charge in [-0.05, 0) is 47.0 Å². The zero-order valence-electron chi connectivity index (χ0n) is 18.6. The number of carboxylic acids is 1. The Morgan fingerprint density at radius 3 is 2.49 bits per heavy atom. The fraction of sp³-hybridized carbons (Fsp3) is 0.208. The van der Waals surface area contributed by atoms with Crippen LogP contribution in [0.25, 0.3) is 11.1 Å². The Hall–Kier alpha value is -4.28. The maximum Gasteiger partial charge on any atom is 0.300 e. The van der Waals surface area contributed by atoms with Gasteiger partial charge in [-0.2, -0.15) is 4.39 Å². The van der Waals surface area contributed by atoms with Crippen LogP contribution in [0.15, 0.2) is 77.1 Å². The van der Waals surface area contributed by atoms with E-state index in [1.54, 1.807) is 60.9 Å². The van der Waals surface area contributed by atoms with Crippen LogP contribution in [-0.4, -0.2) is 56.8 Å². The van der Waals surface area contributed by atoms with Crippen molar-refractivity contribution >= 4 is 17.8 Å². The number of carbonyl (C=O) groups is 1. The summed E-state index contributed by atoms with van der Waals surface area (Å²) in [5.74, 6) is -4.19. The molecule has 11 heteroatoms. The van der Waals surface area contributed by atoms with Gasteiger partial charge in [0.2, 0.25) is 5.95 Å². The quantitative estimate of drug-likeness (QED) is 0.554. The number of halogens is 3. The molecule has 4 heterocycles. The molecule has 1 unspecified atom stereocenters. The van der Waals surface area contributed by atoms with Gasteiger partial charge in [0.15, 0.2) is 11.5 Å². The van der Waals surface area contributed by atoms with E-state index in [1.807, 2.05) is 0 Å². The van der Waals surface area contributed by atoms with Gasteiger partial charge in [0.25, 0.3) is 11.9 Å². The molecule has 0 saturated heterocycles. The molecule has 0 fully saturated rings. The number of pyridine rings is 2. The average molecular weight is 482 g/mol. The van der Waals surface area contributed by atoms with Crippen molar-refractivity contribution in [1.29, 1.82) is 0 Å². The number of hydrogen-bond donors (Lipinski definition) is 2. The predicted octanol–water partition coefficient (Wildman–Crippen LogP) is 3.29. The maximum atomic E-state index is 14.3. The molecular weight excluding hydrogens is 461 g/mol. The smallest absolute Gasteiger partial charge is 0.300 e. The van der Waals surface area contributed by atoms with Crippen LogP contribution in [-0.2, 0) is 10.3 Å². The van der Waals surface area contributed by atoms with E-state index in [4.69, 9.17) is 15.6 Å². The number of alkyl halides is 2. The summed E-state index contributed by atoms with van der Waals surface area (Å²) in [5, 5.41) is 7.42. The monoisotopic (exact) mass is 482 g/mol. The van der Waals surface area contributed by atoms with Gasteiger partial charge in [0, 0.05) is 31.1 Å². The Morgan fingerprint density at radius 1 is 1.09 bits per heavy atom. The van der Waals surface area contributed by atoms with Crippen LogP contribution >= 0.6 is 0 Å². The van der Waals surface area contributed by atoms with E-state index in [2.05, 4.69) is 20.0 Å². The van der Waals surface area contributed by atoms with E-state index < -0.39 is 36.5 Å². The lowest BCUT2D eigenvalue weighted by molar-refractivity contribution is -0.134. The van der Waals surface area contributed by atoms with Gasteiger partial charge in [-0.1, -0.05) is 18.2 Å². The van der Waals surface area contributed by atoms with E-state index in [0.29, 0.717) is 28.1 Å². The van der Waals surface area contributed by atoms with Crippen molar-refractivity contribution in [3.05, 3.63) is 84.2 Å². The second-order valence-electron chi connectivity index (χ2n) is 7.94. The lowest BCUT2D eigenvalue weighted by atomic mass is 9.81. The topological polar surface area (TPSA) is 117 Å². The van der Waals surface area contributed by atoms with Crippen molar-refractivity contribution in [2.45, 2.75) is 18.4 Å². The van der Waals surface area contributed by atoms with Gasteiger partial charge in [-0.25, -0.2) is 18.8 Å². The number of fused-ring (bicyclic) bond motifs is 1. The number of benzene rings is 1. The summed E-state index contributed by atoms with van der Waals surface area (Å²) < 4.78 is 42.5. The lowest BCUT2D eigenvalue weighted by Gasteiger charge is -2.35. The zero-order chi connectivity index (χ0) is 25.2. The molecule has 2 aromatic heterocycles. The lowest BCUT2D eigenvalue weighted by Crippen LogP contribution is -2.53. The molecule has 0 radical (unpaired) electrons. The largest absolute Gasteiger partial charge is 0.481 e. The molecule has 5 rings (SSSR count). The average Bonchev–Trinajstić information content (AvgIpc) is 3.11. The second-order valence-corrected chi connectivity index (χ2v) is 7.94. The molecule has 0 aliphatic carbocycles. The van der Waals surface area contributed by atoms with E-state index >= 15 is 0 Å². The molecule has 0 bridgehead atoms. The normalized spacial score (nSPS) is 20.2. The first-order valence-corrected chi connectivity index (χ1v) is 10.5.